The molecule has 2 rings (SSSR count). The molecule has 0 saturated carbocycles. The van der Waals surface area contributed by atoms with Gasteiger partial charge in [-0.15, -0.1) is 0 Å². The van der Waals surface area contributed by atoms with Crippen molar-refractivity contribution in [2.45, 2.75) is 71.0 Å². The van der Waals surface area contributed by atoms with Gasteiger partial charge in [-0.05, 0) is 25.2 Å². The summed E-state index contributed by atoms with van der Waals surface area (Å²) in [6, 6.07) is 0. The lowest BCUT2D eigenvalue weighted by molar-refractivity contribution is -0.0816. The zero-order valence-electron chi connectivity index (χ0n) is 15.9. The molecule has 24 heavy (non-hydrogen) atoms. The smallest absolute Gasteiger partial charge is 0.193 e. The lowest BCUT2D eigenvalue weighted by atomic mass is 10.0. The second-order valence-corrected chi connectivity index (χ2v) is 7.48. The average Bonchev–Trinajstić information content (AvgIpc) is 3.12. The maximum absolute atomic E-state index is 5.93. The highest BCUT2D eigenvalue weighted by molar-refractivity contribution is 5.80. The first kappa shape index (κ1) is 19.5. The maximum atomic E-state index is 5.93. The van der Waals surface area contributed by atoms with E-state index in [2.05, 4.69) is 29.1 Å². The summed E-state index contributed by atoms with van der Waals surface area (Å²) in [7, 11) is 1.88. The molecule has 140 valence electrons. The van der Waals surface area contributed by atoms with E-state index >= 15 is 0 Å². The third-order valence-electron chi connectivity index (χ3n) is 4.98. The molecule has 2 unspecified atom stereocenters. The van der Waals surface area contributed by atoms with Crippen LogP contribution in [0.3, 0.4) is 0 Å². The molecule has 2 saturated heterocycles. The van der Waals surface area contributed by atoms with Crippen LogP contribution in [0.1, 0.15) is 58.8 Å². The minimum atomic E-state index is 0.191. The summed E-state index contributed by atoms with van der Waals surface area (Å²) in [4.78, 5) is 6.79. The van der Waals surface area contributed by atoms with Crippen molar-refractivity contribution in [3.63, 3.8) is 0 Å². The van der Waals surface area contributed by atoms with Crippen LogP contribution in [-0.4, -0.2) is 63.0 Å². The first-order chi connectivity index (χ1) is 11.7. The van der Waals surface area contributed by atoms with Crippen LogP contribution in [-0.2, 0) is 9.47 Å². The van der Waals surface area contributed by atoms with Gasteiger partial charge in [-0.2, -0.15) is 0 Å². The molecule has 0 aromatic carbocycles. The van der Waals surface area contributed by atoms with E-state index in [-0.39, 0.29) is 12.2 Å². The molecule has 0 spiro atoms. The van der Waals surface area contributed by atoms with E-state index in [1.165, 1.54) is 32.1 Å². The molecule has 2 aliphatic rings. The minimum absolute atomic E-state index is 0.191. The van der Waals surface area contributed by atoms with Crippen molar-refractivity contribution in [3.05, 3.63) is 0 Å². The fourth-order valence-electron chi connectivity index (χ4n) is 3.55. The minimum Gasteiger partial charge on any atom is -0.375 e. The second kappa shape index (κ2) is 10.9. The normalized spacial score (nSPS) is 25.5. The molecule has 0 amide bonds. The number of morpholine rings is 1. The highest BCUT2D eigenvalue weighted by Gasteiger charge is 2.32. The lowest BCUT2D eigenvalue weighted by Crippen LogP contribution is -2.53. The Morgan fingerprint density at radius 3 is 2.62 bits per heavy atom. The molecule has 0 bridgehead atoms. The fraction of sp³-hybridized carbons (Fsp3) is 0.947. The lowest BCUT2D eigenvalue weighted by Gasteiger charge is -2.37. The number of nitrogens with one attached hydrogen (secondary N) is 1. The molecule has 0 aromatic heterocycles. The molecule has 0 aromatic rings. The van der Waals surface area contributed by atoms with E-state index in [0.29, 0.717) is 0 Å². The monoisotopic (exact) mass is 339 g/mol. The summed E-state index contributed by atoms with van der Waals surface area (Å²) in [6.45, 7) is 9.07. The molecule has 5 heteroatoms. The number of nitrogens with zero attached hydrogens (tertiary/aromatic N) is 2. The van der Waals surface area contributed by atoms with Crippen molar-refractivity contribution in [2.24, 2.45) is 10.9 Å². The first-order valence-electron chi connectivity index (χ1n) is 9.89. The molecule has 2 aliphatic heterocycles. The van der Waals surface area contributed by atoms with Crippen LogP contribution in [0.4, 0.5) is 0 Å². The van der Waals surface area contributed by atoms with Crippen LogP contribution < -0.4 is 5.32 Å². The van der Waals surface area contributed by atoms with Crippen LogP contribution in [0.2, 0.25) is 0 Å². The number of unbranched alkanes of at least 4 members (excludes halogenated alkanes) is 3. The Labute approximate surface area is 148 Å². The third-order valence-corrected chi connectivity index (χ3v) is 4.98. The van der Waals surface area contributed by atoms with E-state index in [1.54, 1.807) is 0 Å². The van der Waals surface area contributed by atoms with Gasteiger partial charge in [0, 0.05) is 33.3 Å². The van der Waals surface area contributed by atoms with Crippen molar-refractivity contribution >= 4 is 5.96 Å². The predicted octanol–water partition coefficient (Wildman–Crippen LogP) is 3.05. The van der Waals surface area contributed by atoms with Gasteiger partial charge in [0.05, 0.1) is 12.7 Å². The summed E-state index contributed by atoms with van der Waals surface area (Å²) in [6.07, 6.45) is 9.33. The van der Waals surface area contributed by atoms with Gasteiger partial charge in [0.15, 0.2) is 5.96 Å². The highest BCUT2D eigenvalue weighted by Crippen LogP contribution is 2.21. The number of aliphatic imine (C=N–C) groups is 1. The fourth-order valence-corrected chi connectivity index (χ4v) is 3.55. The van der Waals surface area contributed by atoms with Crippen molar-refractivity contribution < 1.29 is 9.47 Å². The van der Waals surface area contributed by atoms with Crippen LogP contribution in [0.5, 0.6) is 0 Å². The largest absolute Gasteiger partial charge is 0.375 e. The number of ether oxygens (including phenoxy) is 2. The molecule has 0 aliphatic carbocycles. The van der Waals surface area contributed by atoms with E-state index in [9.17, 15) is 0 Å². The first-order valence-corrected chi connectivity index (χ1v) is 9.89. The van der Waals surface area contributed by atoms with Gasteiger partial charge >= 0.3 is 0 Å². The number of rotatable bonds is 8. The molecule has 1 N–H and O–H groups in total. The van der Waals surface area contributed by atoms with E-state index in [4.69, 9.17) is 9.47 Å². The van der Waals surface area contributed by atoms with E-state index in [0.717, 1.165) is 57.6 Å². The predicted molar refractivity (Wildman–Crippen MR) is 99.6 cm³/mol. The SMILES string of the molecule is CN=C(NCCCCCCC(C)C)N1CCOC(C2CCCO2)C1. The van der Waals surface area contributed by atoms with E-state index in [1.807, 2.05) is 7.05 Å². The summed E-state index contributed by atoms with van der Waals surface area (Å²) >= 11 is 0. The zero-order chi connectivity index (χ0) is 17.2. The van der Waals surface area contributed by atoms with Crippen molar-refractivity contribution in [1.82, 2.24) is 10.2 Å². The third kappa shape index (κ3) is 6.60. The Morgan fingerprint density at radius 2 is 1.92 bits per heavy atom. The standard InChI is InChI=1S/C19H37N3O2/c1-16(2)9-6-4-5-7-11-21-19(20-3)22-12-14-24-18(15-22)17-10-8-13-23-17/h16-18H,4-15H2,1-3H3,(H,20,21). The number of hydrogen-bond donors (Lipinski definition) is 1. The topological polar surface area (TPSA) is 46.1 Å². The molecular weight excluding hydrogens is 302 g/mol. The van der Waals surface area contributed by atoms with Gasteiger partial charge in [-0.1, -0.05) is 39.5 Å². The summed E-state index contributed by atoms with van der Waals surface area (Å²) in [5.74, 6) is 1.85. The highest BCUT2D eigenvalue weighted by atomic mass is 16.5. The van der Waals surface area contributed by atoms with Gasteiger partial charge in [0.1, 0.15) is 6.10 Å². The average molecular weight is 340 g/mol. The number of hydrogen-bond acceptors (Lipinski definition) is 3. The Hall–Kier alpha value is -0.810. The van der Waals surface area contributed by atoms with Crippen molar-refractivity contribution in [1.29, 1.82) is 0 Å². The molecule has 2 heterocycles. The Morgan fingerprint density at radius 1 is 1.12 bits per heavy atom. The summed E-state index contributed by atoms with van der Waals surface area (Å²) in [5.41, 5.74) is 0. The van der Waals surface area contributed by atoms with Crippen LogP contribution in [0, 0.1) is 5.92 Å². The Balaban J connectivity index is 1.63. The number of guanidine groups is 1. The molecule has 2 atom stereocenters. The molecule has 0 radical (unpaired) electrons. The van der Waals surface area contributed by atoms with Gasteiger partial charge in [0.25, 0.3) is 0 Å². The molecule has 5 nitrogen and oxygen atoms in total. The van der Waals surface area contributed by atoms with Crippen LogP contribution in [0.25, 0.3) is 0 Å². The van der Waals surface area contributed by atoms with Gasteiger partial charge in [-0.3, -0.25) is 4.99 Å². The van der Waals surface area contributed by atoms with Crippen molar-refractivity contribution in [2.75, 3.05) is 39.9 Å². The van der Waals surface area contributed by atoms with Crippen LogP contribution in [0.15, 0.2) is 4.99 Å². The second-order valence-electron chi connectivity index (χ2n) is 7.48. The Kier molecular flexibility index (Phi) is 8.89. The van der Waals surface area contributed by atoms with Crippen LogP contribution >= 0.6 is 0 Å². The van der Waals surface area contributed by atoms with Crippen molar-refractivity contribution in [3.8, 4) is 0 Å². The maximum Gasteiger partial charge on any atom is 0.193 e. The quantitative estimate of drug-likeness (QED) is 0.419. The summed E-state index contributed by atoms with van der Waals surface area (Å²) in [5, 5.41) is 3.53. The zero-order valence-corrected chi connectivity index (χ0v) is 15.9. The molecule has 2 fully saturated rings. The van der Waals surface area contributed by atoms with Gasteiger partial charge in [-0.25, -0.2) is 0 Å². The molecular formula is C19H37N3O2. The van der Waals surface area contributed by atoms with Gasteiger partial charge < -0.3 is 19.7 Å². The Bertz CT molecular complexity index is 368. The summed E-state index contributed by atoms with van der Waals surface area (Å²) < 4.78 is 11.7. The van der Waals surface area contributed by atoms with Gasteiger partial charge in [0.2, 0.25) is 0 Å². The van der Waals surface area contributed by atoms with E-state index < -0.39 is 0 Å².